The Morgan fingerprint density at radius 2 is 1.74 bits per heavy atom. The molecule has 1 aliphatic heterocycles. The van der Waals surface area contributed by atoms with Gasteiger partial charge in [0.2, 0.25) is 0 Å². The Bertz CT molecular complexity index is 1120. The smallest absolute Gasteiger partial charge is 0.161 e. The van der Waals surface area contributed by atoms with Gasteiger partial charge in [-0.1, -0.05) is 23.8 Å². The van der Waals surface area contributed by atoms with E-state index in [1.54, 1.807) is 13.3 Å². The van der Waals surface area contributed by atoms with Crippen LogP contribution < -0.4 is 14.2 Å². The molecule has 1 N–H and O–H groups in total. The van der Waals surface area contributed by atoms with Crippen LogP contribution in [0.5, 0.6) is 17.2 Å². The standard InChI is InChI=1S/C28H37N3O4/c1-21-5-7-25(22(2)17-21)35-20-28(32)9-12-30(13-10-28)19-24-6-8-26(33-4)27(18-24)34-16-15-31-14-11-29-23(31)3/h5-8,11,14,17-18,32H,9-10,12-13,15-16,19-20H2,1-4H3. The molecule has 1 fully saturated rings. The van der Waals surface area contributed by atoms with Gasteiger partial charge in [0.05, 0.1) is 13.7 Å². The number of ether oxygens (including phenoxy) is 3. The summed E-state index contributed by atoms with van der Waals surface area (Å²) in [7, 11) is 1.66. The van der Waals surface area contributed by atoms with Crippen LogP contribution >= 0.6 is 0 Å². The number of aryl methyl sites for hydroxylation is 3. The molecule has 7 nitrogen and oxygen atoms in total. The molecule has 0 unspecified atom stereocenters. The first kappa shape index (κ1) is 25.1. The number of methoxy groups -OCH3 is 1. The van der Waals surface area contributed by atoms with Crippen LogP contribution in [0.1, 0.15) is 35.4 Å². The average Bonchev–Trinajstić information content (AvgIpc) is 3.25. The average molecular weight is 480 g/mol. The topological polar surface area (TPSA) is 69.0 Å². The lowest BCUT2D eigenvalue weighted by Gasteiger charge is -2.38. The van der Waals surface area contributed by atoms with E-state index in [4.69, 9.17) is 14.2 Å². The van der Waals surface area contributed by atoms with Crippen molar-refractivity contribution in [1.29, 1.82) is 0 Å². The normalized spacial score (nSPS) is 15.7. The molecule has 4 rings (SSSR count). The molecule has 0 bridgehead atoms. The van der Waals surface area contributed by atoms with Gasteiger partial charge in [-0.2, -0.15) is 0 Å². The van der Waals surface area contributed by atoms with Gasteiger partial charge in [-0.05, 0) is 62.9 Å². The summed E-state index contributed by atoms with van der Waals surface area (Å²) < 4.78 is 19.6. The second-order valence-electron chi connectivity index (χ2n) is 9.56. The van der Waals surface area contributed by atoms with E-state index in [1.165, 1.54) is 5.56 Å². The van der Waals surface area contributed by atoms with Crippen LogP contribution in [-0.2, 0) is 13.1 Å². The molecule has 7 heteroatoms. The lowest BCUT2D eigenvalue weighted by Crippen LogP contribution is -2.47. The number of rotatable bonds is 10. The van der Waals surface area contributed by atoms with Crippen molar-refractivity contribution in [2.24, 2.45) is 0 Å². The summed E-state index contributed by atoms with van der Waals surface area (Å²) in [6, 6.07) is 12.2. The van der Waals surface area contributed by atoms with Crippen LogP contribution in [0.2, 0.25) is 0 Å². The second kappa shape index (κ2) is 11.1. The van der Waals surface area contributed by atoms with E-state index in [1.807, 2.05) is 38.2 Å². The van der Waals surface area contributed by atoms with Crippen LogP contribution in [0, 0.1) is 20.8 Å². The number of piperidine rings is 1. The zero-order valence-corrected chi connectivity index (χ0v) is 21.3. The number of hydrogen-bond acceptors (Lipinski definition) is 6. The molecule has 0 saturated carbocycles. The van der Waals surface area contributed by atoms with Crippen LogP contribution in [0.25, 0.3) is 0 Å². The van der Waals surface area contributed by atoms with Crippen LogP contribution in [0.15, 0.2) is 48.8 Å². The first-order valence-electron chi connectivity index (χ1n) is 12.3. The number of benzene rings is 2. The molecule has 35 heavy (non-hydrogen) atoms. The van der Waals surface area contributed by atoms with E-state index in [0.717, 1.165) is 60.4 Å². The van der Waals surface area contributed by atoms with Gasteiger partial charge in [-0.15, -0.1) is 0 Å². The van der Waals surface area contributed by atoms with Gasteiger partial charge in [0, 0.05) is 32.0 Å². The monoisotopic (exact) mass is 479 g/mol. The fourth-order valence-corrected chi connectivity index (χ4v) is 4.53. The van der Waals surface area contributed by atoms with Crippen molar-refractivity contribution in [2.75, 3.05) is 33.4 Å². The predicted octanol–water partition coefficient (Wildman–Crippen LogP) is 4.30. The maximum atomic E-state index is 11.1. The summed E-state index contributed by atoms with van der Waals surface area (Å²) in [5, 5.41) is 11.1. The summed E-state index contributed by atoms with van der Waals surface area (Å²) in [4.78, 5) is 6.62. The van der Waals surface area contributed by atoms with Gasteiger partial charge >= 0.3 is 0 Å². The Morgan fingerprint density at radius 3 is 2.43 bits per heavy atom. The van der Waals surface area contributed by atoms with Crippen LogP contribution in [-0.4, -0.2) is 58.6 Å². The van der Waals surface area contributed by atoms with Crippen LogP contribution in [0.4, 0.5) is 0 Å². The largest absolute Gasteiger partial charge is 0.493 e. The maximum absolute atomic E-state index is 11.1. The Balaban J connectivity index is 1.29. The zero-order valence-electron chi connectivity index (χ0n) is 21.3. The van der Waals surface area contributed by atoms with Crippen LogP contribution in [0.3, 0.4) is 0 Å². The number of imidazole rings is 1. The van der Waals surface area contributed by atoms with Crippen molar-refractivity contribution in [3.63, 3.8) is 0 Å². The van der Waals surface area contributed by atoms with Crippen molar-refractivity contribution < 1.29 is 19.3 Å². The molecular weight excluding hydrogens is 442 g/mol. The minimum absolute atomic E-state index is 0.321. The number of aliphatic hydroxyl groups is 1. The Labute approximate surface area is 208 Å². The minimum atomic E-state index is -0.798. The van der Waals surface area contributed by atoms with Gasteiger partial charge in [0.1, 0.15) is 30.4 Å². The van der Waals surface area contributed by atoms with Crippen molar-refractivity contribution in [2.45, 2.75) is 52.3 Å². The van der Waals surface area contributed by atoms with E-state index in [-0.39, 0.29) is 0 Å². The summed E-state index contributed by atoms with van der Waals surface area (Å²) in [5.41, 5.74) is 2.68. The lowest BCUT2D eigenvalue weighted by molar-refractivity contribution is -0.0538. The molecule has 2 aromatic carbocycles. The van der Waals surface area contributed by atoms with Crippen molar-refractivity contribution in [3.05, 3.63) is 71.3 Å². The molecule has 1 saturated heterocycles. The molecular formula is C28H37N3O4. The third kappa shape index (κ3) is 6.55. The Hall–Kier alpha value is -3.03. The van der Waals surface area contributed by atoms with E-state index in [9.17, 15) is 5.11 Å². The van der Waals surface area contributed by atoms with E-state index in [2.05, 4.69) is 39.6 Å². The fraction of sp³-hybridized carbons (Fsp3) is 0.464. The highest BCUT2D eigenvalue weighted by molar-refractivity contribution is 5.43. The van der Waals surface area contributed by atoms with E-state index >= 15 is 0 Å². The van der Waals surface area contributed by atoms with Gasteiger partial charge < -0.3 is 23.9 Å². The molecule has 3 aromatic rings. The summed E-state index contributed by atoms with van der Waals surface area (Å²) in [6.45, 7) is 10.1. The maximum Gasteiger partial charge on any atom is 0.161 e. The summed E-state index contributed by atoms with van der Waals surface area (Å²) >= 11 is 0. The van der Waals surface area contributed by atoms with Gasteiger partial charge in [-0.3, -0.25) is 4.90 Å². The SMILES string of the molecule is COc1ccc(CN2CCC(O)(COc3ccc(C)cc3C)CC2)cc1OCCn1ccnc1C. The number of nitrogens with zero attached hydrogens (tertiary/aromatic N) is 3. The highest BCUT2D eigenvalue weighted by Gasteiger charge is 2.33. The van der Waals surface area contributed by atoms with Gasteiger partial charge in [0.25, 0.3) is 0 Å². The molecule has 0 atom stereocenters. The van der Waals surface area contributed by atoms with Crippen molar-refractivity contribution in [1.82, 2.24) is 14.5 Å². The molecule has 1 aromatic heterocycles. The lowest BCUT2D eigenvalue weighted by atomic mass is 9.92. The predicted molar refractivity (Wildman–Crippen MR) is 136 cm³/mol. The highest BCUT2D eigenvalue weighted by Crippen LogP contribution is 2.30. The van der Waals surface area contributed by atoms with Gasteiger partial charge in [-0.25, -0.2) is 4.98 Å². The minimum Gasteiger partial charge on any atom is -0.493 e. The molecule has 0 aliphatic carbocycles. The highest BCUT2D eigenvalue weighted by atomic mass is 16.5. The summed E-state index contributed by atoms with van der Waals surface area (Å²) in [6.07, 6.45) is 5.12. The van der Waals surface area contributed by atoms with E-state index < -0.39 is 5.60 Å². The summed E-state index contributed by atoms with van der Waals surface area (Å²) in [5.74, 6) is 3.30. The third-order valence-corrected chi connectivity index (χ3v) is 6.76. The molecule has 0 radical (unpaired) electrons. The van der Waals surface area contributed by atoms with Crippen molar-refractivity contribution in [3.8, 4) is 17.2 Å². The first-order valence-corrected chi connectivity index (χ1v) is 12.3. The van der Waals surface area contributed by atoms with Crippen molar-refractivity contribution >= 4 is 0 Å². The number of hydrogen-bond donors (Lipinski definition) is 1. The third-order valence-electron chi connectivity index (χ3n) is 6.76. The molecule has 0 amide bonds. The number of likely N-dealkylation sites (tertiary alicyclic amines) is 1. The fourth-order valence-electron chi connectivity index (χ4n) is 4.53. The quantitative estimate of drug-likeness (QED) is 0.468. The molecule has 188 valence electrons. The first-order chi connectivity index (χ1) is 16.8. The van der Waals surface area contributed by atoms with E-state index in [0.29, 0.717) is 26.1 Å². The zero-order chi connectivity index (χ0) is 24.8. The number of aromatic nitrogens is 2. The Morgan fingerprint density at radius 1 is 0.971 bits per heavy atom. The Kier molecular flexibility index (Phi) is 7.98. The molecule has 1 aliphatic rings. The molecule has 2 heterocycles. The second-order valence-corrected chi connectivity index (χ2v) is 9.56. The molecule has 0 spiro atoms. The van der Waals surface area contributed by atoms with Gasteiger partial charge in [0.15, 0.2) is 11.5 Å².